The maximum Gasteiger partial charge on any atom is 0.0831 e. The van der Waals surface area contributed by atoms with E-state index in [1.54, 1.807) is 0 Å². The van der Waals surface area contributed by atoms with Gasteiger partial charge in [-0.15, -0.1) is 5.10 Å². The summed E-state index contributed by atoms with van der Waals surface area (Å²) >= 11 is 0. The summed E-state index contributed by atoms with van der Waals surface area (Å²) in [7, 11) is 2.05. The Hall–Kier alpha value is -1.80. The second-order valence-corrected chi connectivity index (χ2v) is 10.6. The first-order valence-corrected chi connectivity index (χ1v) is 13.0. The molecule has 0 aliphatic carbocycles. The molecule has 4 aliphatic heterocycles. The summed E-state index contributed by atoms with van der Waals surface area (Å²) in [6, 6.07) is 12.8. The van der Waals surface area contributed by atoms with Gasteiger partial charge in [0.15, 0.2) is 0 Å². The quantitative estimate of drug-likeness (QED) is 0.747. The summed E-state index contributed by atoms with van der Waals surface area (Å²) in [5.41, 5.74) is 3.84. The van der Waals surface area contributed by atoms with Crippen LogP contribution >= 0.6 is 0 Å². The molecule has 4 aliphatic rings. The normalized spacial score (nSPS) is 34.1. The van der Waals surface area contributed by atoms with Gasteiger partial charge in [0, 0.05) is 56.8 Å². The predicted molar refractivity (Wildman–Crippen MR) is 128 cm³/mol. The molecule has 5 heterocycles. The Morgan fingerprint density at radius 1 is 1.09 bits per heavy atom. The Kier molecular flexibility index (Phi) is 5.99. The predicted octanol–water partition coefficient (Wildman–Crippen LogP) is 2.75. The van der Waals surface area contributed by atoms with Crippen LogP contribution in [0.2, 0.25) is 0 Å². The number of benzene rings is 1. The number of ether oxygens (including phenoxy) is 1. The minimum Gasteiger partial charge on any atom is -0.381 e. The summed E-state index contributed by atoms with van der Waals surface area (Å²) in [4.78, 5) is 2.91. The fourth-order valence-electron chi connectivity index (χ4n) is 7.47. The Morgan fingerprint density at radius 3 is 2.67 bits per heavy atom. The lowest BCUT2D eigenvalue weighted by atomic mass is 9.81. The van der Waals surface area contributed by atoms with Crippen molar-refractivity contribution in [2.75, 3.05) is 26.3 Å². The zero-order valence-electron chi connectivity index (χ0n) is 20.0. The third-order valence-electron chi connectivity index (χ3n) is 8.79. The fraction of sp³-hybridized carbons (Fsp3) is 0.692. The van der Waals surface area contributed by atoms with Gasteiger partial charge >= 0.3 is 0 Å². The minimum atomic E-state index is 0.425. The van der Waals surface area contributed by atoms with Crippen LogP contribution in [0, 0.1) is 18.8 Å². The summed E-state index contributed by atoms with van der Waals surface area (Å²) in [6.07, 6.45) is 6.49. The molecule has 4 fully saturated rings. The van der Waals surface area contributed by atoms with Gasteiger partial charge in [0.25, 0.3) is 0 Å². The molecule has 0 amide bonds. The van der Waals surface area contributed by atoms with Crippen molar-refractivity contribution in [2.45, 2.75) is 69.2 Å². The van der Waals surface area contributed by atoms with Crippen molar-refractivity contribution < 1.29 is 4.74 Å². The van der Waals surface area contributed by atoms with Crippen molar-refractivity contribution in [3.05, 3.63) is 47.3 Å². The van der Waals surface area contributed by atoms with E-state index in [1.165, 1.54) is 30.5 Å². The highest BCUT2D eigenvalue weighted by Gasteiger charge is 2.55. The number of aromatic nitrogens is 3. The van der Waals surface area contributed by atoms with Crippen LogP contribution in [0.4, 0.5) is 0 Å². The molecule has 4 saturated heterocycles. The molecule has 2 N–H and O–H groups in total. The molecule has 6 rings (SSSR count). The SMILES string of the molecule is Cc1nnn(C)c1C1CNC2C3CCCNC3N([C@H](c3ccccc3)C3CCOCC3)C2C1. The van der Waals surface area contributed by atoms with Crippen LogP contribution in [0.15, 0.2) is 30.3 Å². The molecule has 178 valence electrons. The topological polar surface area (TPSA) is 67.2 Å². The molecular formula is C26H38N6O. The van der Waals surface area contributed by atoms with E-state index < -0.39 is 0 Å². The molecular weight excluding hydrogens is 412 g/mol. The molecule has 1 aromatic heterocycles. The smallest absolute Gasteiger partial charge is 0.0831 e. The molecule has 7 nitrogen and oxygen atoms in total. The first-order valence-electron chi connectivity index (χ1n) is 13.0. The monoisotopic (exact) mass is 450 g/mol. The van der Waals surface area contributed by atoms with E-state index in [0.29, 0.717) is 42.0 Å². The average Bonchev–Trinajstić information content (AvgIpc) is 3.37. The zero-order chi connectivity index (χ0) is 22.4. The minimum absolute atomic E-state index is 0.425. The van der Waals surface area contributed by atoms with Crippen LogP contribution in [0.5, 0.6) is 0 Å². The van der Waals surface area contributed by atoms with Gasteiger partial charge in [-0.2, -0.15) is 0 Å². The van der Waals surface area contributed by atoms with E-state index in [1.807, 2.05) is 11.7 Å². The van der Waals surface area contributed by atoms with Crippen LogP contribution in [0.3, 0.4) is 0 Å². The van der Waals surface area contributed by atoms with Crippen molar-refractivity contribution in [1.29, 1.82) is 0 Å². The van der Waals surface area contributed by atoms with Crippen molar-refractivity contribution >= 4 is 0 Å². The van der Waals surface area contributed by atoms with Gasteiger partial charge in [0.05, 0.1) is 17.6 Å². The van der Waals surface area contributed by atoms with Gasteiger partial charge in [0.2, 0.25) is 0 Å². The van der Waals surface area contributed by atoms with E-state index >= 15 is 0 Å². The van der Waals surface area contributed by atoms with Gasteiger partial charge in [-0.3, -0.25) is 9.58 Å². The van der Waals surface area contributed by atoms with Gasteiger partial charge in [-0.1, -0.05) is 35.5 Å². The number of likely N-dealkylation sites (tertiary alicyclic amines) is 1. The number of hydrogen-bond donors (Lipinski definition) is 2. The zero-order valence-corrected chi connectivity index (χ0v) is 20.0. The lowest BCUT2D eigenvalue weighted by Gasteiger charge is -2.46. The van der Waals surface area contributed by atoms with Gasteiger partial charge in [-0.25, -0.2) is 0 Å². The van der Waals surface area contributed by atoms with E-state index in [9.17, 15) is 0 Å². The molecule has 0 radical (unpaired) electrons. The summed E-state index contributed by atoms with van der Waals surface area (Å²) in [5, 5.41) is 16.7. The Balaban J connectivity index is 1.39. The molecule has 0 saturated carbocycles. The second kappa shape index (κ2) is 9.10. The molecule has 2 aromatic rings. The number of piperidine rings is 2. The number of aryl methyl sites for hydroxylation is 2. The number of nitrogens with one attached hydrogen (secondary N) is 2. The van der Waals surface area contributed by atoms with Gasteiger partial charge in [-0.05, 0) is 57.1 Å². The van der Waals surface area contributed by atoms with E-state index in [0.717, 1.165) is 44.8 Å². The third-order valence-corrected chi connectivity index (χ3v) is 8.79. The number of hydrogen-bond acceptors (Lipinski definition) is 6. The Morgan fingerprint density at radius 2 is 1.91 bits per heavy atom. The van der Waals surface area contributed by atoms with Crippen molar-refractivity contribution in [3.63, 3.8) is 0 Å². The van der Waals surface area contributed by atoms with Gasteiger partial charge < -0.3 is 15.4 Å². The molecule has 7 heteroatoms. The van der Waals surface area contributed by atoms with Gasteiger partial charge in [0.1, 0.15) is 0 Å². The lowest BCUT2D eigenvalue weighted by molar-refractivity contribution is -0.00815. The van der Waals surface area contributed by atoms with E-state index in [4.69, 9.17) is 4.74 Å². The number of nitrogens with zero attached hydrogens (tertiary/aromatic N) is 4. The Labute approximate surface area is 197 Å². The highest BCUT2D eigenvalue weighted by Crippen LogP contribution is 2.48. The van der Waals surface area contributed by atoms with E-state index in [-0.39, 0.29) is 0 Å². The molecule has 0 spiro atoms. The largest absolute Gasteiger partial charge is 0.381 e. The maximum absolute atomic E-state index is 5.79. The number of rotatable bonds is 4. The average molecular weight is 451 g/mol. The third kappa shape index (κ3) is 3.83. The van der Waals surface area contributed by atoms with Crippen LogP contribution in [0.1, 0.15) is 61.0 Å². The first kappa shape index (κ1) is 21.7. The highest BCUT2D eigenvalue weighted by atomic mass is 16.5. The standard InChI is InChI=1S/C26H38N6O/c1-17-24(31(2)30-29-17)20-15-22-23(28-16-20)21-9-6-12-27-26(21)32(22)25(18-7-4-3-5-8-18)19-10-13-33-14-11-19/h3-5,7-8,19-23,25-28H,6,9-16H2,1-2H3/t20?,21?,22?,23?,25-,26?/m1/s1. The number of fused-ring (bicyclic) bond motifs is 3. The highest BCUT2D eigenvalue weighted by molar-refractivity contribution is 5.25. The molecule has 0 bridgehead atoms. The van der Waals surface area contributed by atoms with Crippen LogP contribution in [0.25, 0.3) is 0 Å². The summed E-state index contributed by atoms with van der Waals surface area (Å²) in [5.74, 6) is 1.74. The lowest BCUT2D eigenvalue weighted by Crippen LogP contribution is -2.54. The molecule has 1 aromatic carbocycles. The van der Waals surface area contributed by atoms with Crippen molar-refractivity contribution in [3.8, 4) is 0 Å². The van der Waals surface area contributed by atoms with Crippen LogP contribution < -0.4 is 10.6 Å². The Bertz CT molecular complexity index is 922. The molecule has 6 atom stereocenters. The molecule has 33 heavy (non-hydrogen) atoms. The summed E-state index contributed by atoms with van der Waals surface area (Å²) in [6.45, 7) is 6.03. The summed E-state index contributed by atoms with van der Waals surface area (Å²) < 4.78 is 7.79. The van der Waals surface area contributed by atoms with Crippen LogP contribution in [-0.4, -0.2) is 64.4 Å². The molecule has 5 unspecified atom stereocenters. The van der Waals surface area contributed by atoms with E-state index in [2.05, 4.69) is 63.1 Å². The fourth-order valence-corrected chi connectivity index (χ4v) is 7.47. The second-order valence-electron chi connectivity index (χ2n) is 10.6. The van der Waals surface area contributed by atoms with Crippen molar-refractivity contribution in [1.82, 2.24) is 30.5 Å². The van der Waals surface area contributed by atoms with Crippen molar-refractivity contribution in [2.24, 2.45) is 18.9 Å². The van der Waals surface area contributed by atoms with Crippen LogP contribution in [-0.2, 0) is 11.8 Å². The first-order chi connectivity index (χ1) is 16.2. The maximum atomic E-state index is 5.79.